The summed E-state index contributed by atoms with van der Waals surface area (Å²) in [5.41, 5.74) is 7.99. The molecule has 1 amide bonds. The number of hydrogen-bond donors (Lipinski definition) is 2. The molecule has 1 rings (SSSR count). The van der Waals surface area contributed by atoms with E-state index < -0.39 is 0 Å². The zero-order chi connectivity index (χ0) is 14.6. The summed E-state index contributed by atoms with van der Waals surface area (Å²) in [6.07, 6.45) is 0.360. The van der Waals surface area contributed by atoms with Crippen molar-refractivity contribution in [1.29, 1.82) is 0 Å². The van der Waals surface area contributed by atoms with Crippen molar-refractivity contribution in [3.8, 4) is 0 Å². The maximum Gasteiger partial charge on any atom is 0.222 e. The molecule has 3 N–H and O–H groups in total. The summed E-state index contributed by atoms with van der Waals surface area (Å²) in [4.78, 5) is 12.0. The van der Waals surface area contributed by atoms with E-state index in [0.29, 0.717) is 6.42 Å². The summed E-state index contributed by atoms with van der Waals surface area (Å²) < 4.78 is 0. The van der Waals surface area contributed by atoms with Crippen LogP contribution in [0.1, 0.15) is 51.3 Å². The summed E-state index contributed by atoms with van der Waals surface area (Å²) in [5.74, 6) is 0.0106. The predicted molar refractivity (Wildman–Crippen MR) is 79.8 cm³/mol. The molecule has 0 bridgehead atoms. The predicted octanol–water partition coefficient (Wildman–Crippen LogP) is 2.94. The largest absolute Gasteiger partial charge is 0.349 e. The number of benzene rings is 1. The van der Waals surface area contributed by atoms with Gasteiger partial charge in [0.1, 0.15) is 0 Å². The number of nitrogens with one attached hydrogen (secondary N) is 1. The van der Waals surface area contributed by atoms with Gasteiger partial charge in [-0.05, 0) is 24.8 Å². The van der Waals surface area contributed by atoms with Gasteiger partial charge in [0.05, 0.1) is 6.04 Å². The van der Waals surface area contributed by atoms with Crippen molar-refractivity contribution in [1.82, 2.24) is 5.32 Å². The normalized spacial score (nSPS) is 14.8. The van der Waals surface area contributed by atoms with E-state index in [1.807, 2.05) is 13.0 Å². The third-order valence-corrected chi connectivity index (χ3v) is 3.05. The molecule has 1 aromatic rings. The Morgan fingerprint density at radius 3 is 2.47 bits per heavy atom. The molecule has 0 aliphatic heterocycles. The van der Waals surface area contributed by atoms with Crippen molar-refractivity contribution in [3.63, 3.8) is 0 Å². The average Bonchev–Trinajstić information content (AvgIpc) is 2.23. The van der Waals surface area contributed by atoms with Gasteiger partial charge < -0.3 is 11.1 Å². The monoisotopic (exact) mass is 262 g/mol. The van der Waals surface area contributed by atoms with Gasteiger partial charge in [-0.1, -0.05) is 50.6 Å². The van der Waals surface area contributed by atoms with Crippen LogP contribution in [0.2, 0.25) is 0 Å². The lowest BCUT2D eigenvalue weighted by Gasteiger charge is -2.32. The fourth-order valence-electron chi connectivity index (χ4n) is 2.16. The van der Waals surface area contributed by atoms with Crippen molar-refractivity contribution >= 4 is 5.91 Å². The number of carbonyl (C=O) groups is 1. The molecule has 0 spiro atoms. The minimum absolute atomic E-state index is 0.00125. The quantitative estimate of drug-likeness (QED) is 0.876. The summed E-state index contributed by atoms with van der Waals surface area (Å²) in [6, 6.07) is 8.17. The molecule has 3 heteroatoms. The van der Waals surface area contributed by atoms with Gasteiger partial charge in [0.25, 0.3) is 0 Å². The molecular formula is C16H26N2O. The second-order valence-electron chi connectivity index (χ2n) is 6.46. The molecule has 1 aromatic carbocycles. The Labute approximate surface area is 116 Å². The van der Waals surface area contributed by atoms with E-state index in [0.717, 1.165) is 5.56 Å². The first-order valence-corrected chi connectivity index (χ1v) is 6.81. The zero-order valence-electron chi connectivity index (χ0n) is 12.7. The first-order chi connectivity index (χ1) is 8.70. The van der Waals surface area contributed by atoms with E-state index >= 15 is 0 Å². The molecule has 0 aliphatic carbocycles. The summed E-state index contributed by atoms with van der Waals surface area (Å²) in [7, 11) is 0. The molecule has 0 saturated carbocycles. The first-order valence-electron chi connectivity index (χ1n) is 6.81. The van der Waals surface area contributed by atoms with Crippen LogP contribution in [0.4, 0.5) is 0 Å². The van der Waals surface area contributed by atoms with E-state index in [4.69, 9.17) is 5.73 Å². The number of rotatable bonds is 4. The van der Waals surface area contributed by atoms with Gasteiger partial charge in [0.2, 0.25) is 5.91 Å². The second-order valence-corrected chi connectivity index (χ2v) is 6.46. The van der Waals surface area contributed by atoms with Crippen molar-refractivity contribution < 1.29 is 4.79 Å². The van der Waals surface area contributed by atoms with Gasteiger partial charge in [0.15, 0.2) is 0 Å². The van der Waals surface area contributed by atoms with Gasteiger partial charge >= 0.3 is 0 Å². The highest BCUT2D eigenvalue weighted by Crippen LogP contribution is 2.33. The number of aryl methyl sites for hydroxylation is 1. The van der Waals surface area contributed by atoms with Gasteiger partial charge in [0, 0.05) is 12.5 Å². The van der Waals surface area contributed by atoms with Crippen molar-refractivity contribution in [3.05, 3.63) is 35.4 Å². The van der Waals surface area contributed by atoms with Crippen LogP contribution in [0.3, 0.4) is 0 Å². The third-order valence-electron chi connectivity index (χ3n) is 3.05. The first kappa shape index (κ1) is 15.7. The lowest BCUT2D eigenvalue weighted by atomic mass is 9.82. The molecule has 0 saturated heterocycles. The number of nitrogens with two attached hydrogens (primary N) is 1. The molecule has 2 atom stereocenters. The highest BCUT2D eigenvalue weighted by atomic mass is 16.1. The maximum absolute atomic E-state index is 12.0. The Balaban J connectivity index is 2.94. The minimum Gasteiger partial charge on any atom is -0.349 e. The Hall–Kier alpha value is -1.35. The van der Waals surface area contributed by atoms with Crippen molar-refractivity contribution in [2.75, 3.05) is 0 Å². The van der Waals surface area contributed by atoms with Crippen LogP contribution >= 0.6 is 0 Å². The molecule has 2 unspecified atom stereocenters. The molecule has 0 aromatic heterocycles. The second kappa shape index (κ2) is 6.20. The zero-order valence-corrected chi connectivity index (χ0v) is 12.7. The fourth-order valence-corrected chi connectivity index (χ4v) is 2.16. The molecule has 106 valence electrons. The Bertz CT molecular complexity index is 433. The van der Waals surface area contributed by atoms with Crippen LogP contribution in [0.25, 0.3) is 0 Å². The van der Waals surface area contributed by atoms with Gasteiger partial charge in [-0.25, -0.2) is 0 Å². The SMILES string of the molecule is Cc1cccc(C(NC(=O)CC(C)N)C(C)(C)C)c1. The van der Waals surface area contributed by atoms with Crippen LogP contribution < -0.4 is 11.1 Å². The number of carbonyl (C=O) groups excluding carboxylic acids is 1. The Kier molecular flexibility index (Phi) is 5.12. The molecular weight excluding hydrogens is 236 g/mol. The maximum atomic E-state index is 12.0. The van der Waals surface area contributed by atoms with Gasteiger partial charge in [-0.3, -0.25) is 4.79 Å². The lowest BCUT2D eigenvalue weighted by molar-refractivity contribution is -0.122. The van der Waals surface area contributed by atoms with E-state index in [-0.39, 0.29) is 23.4 Å². The standard InChI is InChI=1S/C16H26N2O/c1-11-7-6-8-13(9-11)15(16(3,4)5)18-14(19)10-12(2)17/h6-9,12,15H,10,17H2,1-5H3,(H,18,19). The molecule has 0 heterocycles. The third kappa shape index (κ3) is 5.03. The smallest absolute Gasteiger partial charge is 0.222 e. The van der Waals surface area contributed by atoms with Crippen LogP contribution in [-0.2, 0) is 4.79 Å². The topological polar surface area (TPSA) is 55.1 Å². The van der Waals surface area contributed by atoms with E-state index in [9.17, 15) is 4.79 Å². The van der Waals surface area contributed by atoms with E-state index in [1.165, 1.54) is 5.56 Å². The molecule has 0 radical (unpaired) electrons. The van der Waals surface area contributed by atoms with E-state index in [1.54, 1.807) is 0 Å². The summed E-state index contributed by atoms with van der Waals surface area (Å²) in [6.45, 7) is 10.3. The summed E-state index contributed by atoms with van der Waals surface area (Å²) in [5, 5.41) is 3.11. The average molecular weight is 262 g/mol. The number of amides is 1. The number of hydrogen-bond acceptors (Lipinski definition) is 2. The summed E-state index contributed by atoms with van der Waals surface area (Å²) >= 11 is 0. The highest BCUT2D eigenvalue weighted by molar-refractivity contribution is 5.77. The van der Waals surface area contributed by atoms with Crippen molar-refractivity contribution in [2.45, 2.75) is 53.1 Å². The Morgan fingerprint density at radius 2 is 2.00 bits per heavy atom. The van der Waals surface area contributed by atoms with Crippen LogP contribution in [0.15, 0.2) is 24.3 Å². The highest BCUT2D eigenvalue weighted by Gasteiger charge is 2.27. The van der Waals surface area contributed by atoms with Gasteiger partial charge in [-0.15, -0.1) is 0 Å². The Morgan fingerprint density at radius 1 is 1.37 bits per heavy atom. The van der Waals surface area contributed by atoms with Crippen LogP contribution in [-0.4, -0.2) is 11.9 Å². The van der Waals surface area contributed by atoms with Crippen LogP contribution in [0.5, 0.6) is 0 Å². The molecule has 0 aliphatic rings. The fraction of sp³-hybridized carbons (Fsp3) is 0.562. The molecule has 0 fully saturated rings. The van der Waals surface area contributed by atoms with Crippen molar-refractivity contribution in [2.24, 2.45) is 11.1 Å². The molecule has 19 heavy (non-hydrogen) atoms. The van der Waals surface area contributed by atoms with E-state index in [2.05, 4.69) is 51.2 Å². The van der Waals surface area contributed by atoms with Gasteiger partial charge in [-0.2, -0.15) is 0 Å². The minimum atomic E-state index is -0.113. The molecule has 3 nitrogen and oxygen atoms in total. The lowest BCUT2D eigenvalue weighted by Crippen LogP contribution is -2.38. The van der Waals surface area contributed by atoms with Crippen LogP contribution in [0, 0.1) is 12.3 Å².